The number of ether oxygens (including phenoxy) is 1. The molecule has 1 aromatic heterocycles. The smallest absolute Gasteiger partial charge is 0.407 e. The number of hydrogen-bond acceptors (Lipinski definition) is 4. The van der Waals surface area contributed by atoms with Crippen LogP contribution in [-0.2, 0) is 4.74 Å². The van der Waals surface area contributed by atoms with E-state index in [0.29, 0.717) is 18.7 Å². The van der Waals surface area contributed by atoms with E-state index in [1.165, 1.54) is 0 Å². The molecule has 5 nitrogen and oxygen atoms in total. The molecular formula is C15H23N3O2. The van der Waals surface area contributed by atoms with Crippen LogP contribution >= 0.6 is 0 Å². The second kappa shape index (κ2) is 6.93. The number of nitrogens with one attached hydrogen (secondary N) is 1. The Bertz CT molecular complexity index is 490. The summed E-state index contributed by atoms with van der Waals surface area (Å²) >= 11 is 0. The van der Waals surface area contributed by atoms with Crippen LogP contribution in [0.1, 0.15) is 38.4 Å². The molecule has 0 saturated carbocycles. The van der Waals surface area contributed by atoms with E-state index in [4.69, 9.17) is 10.5 Å². The fourth-order valence-electron chi connectivity index (χ4n) is 1.52. The summed E-state index contributed by atoms with van der Waals surface area (Å²) in [4.78, 5) is 15.6. The van der Waals surface area contributed by atoms with E-state index in [1.54, 1.807) is 6.20 Å². The number of rotatable bonds is 4. The number of nitrogens with two attached hydrogens (primary N) is 1. The van der Waals surface area contributed by atoms with Crippen molar-refractivity contribution in [2.45, 2.75) is 39.7 Å². The van der Waals surface area contributed by atoms with E-state index in [2.05, 4.69) is 10.3 Å². The SMILES string of the molecule is Cc1ncc(N)cc1C=CCCNC(=O)OC(C)(C)C. The van der Waals surface area contributed by atoms with E-state index >= 15 is 0 Å². The summed E-state index contributed by atoms with van der Waals surface area (Å²) in [5.74, 6) is 0. The first-order valence-corrected chi connectivity index (χ1v) is 6.63. The number of carbonyl (C=O) groups is 1. The zero-order valence-corrected chi connectivity index (χ0v) is 12.6. The molecule has 1 amide bonds. The second-order valence-electron chi connectivity index (χ2n) is 5.56. The number of aryl methyl sites for hydroxylation is 1. The molecule has 20 heavy (non-hydrogen) atoms. The summed E-state index contributed by atoms with van der Waals surface area (Å²) in [7, 11) is 0. The van der Waals surface area contributed by atoms with Gasteiger partial charge in [0.15, 0.2) is 0 Å². The predicted octanol–water partition coefficient (Wildman–Crippen LogP) is 2.90. The second-order valence-corrected chi connectivity index (χ2v) is 5.56. The Morgan fingerprint density at radius 3 is 2.85 bits per heavy atom. The van der Waals surface area contributed by atoms with Crippen LogP contribution < -0.4 is 11.1 Å². The number of hydrogen-bond donors (Lipinski definition) is 2. The molecule has 0 atom stereocenters. The summed E-state index contributed by atoms with van der Waals surface area (Å²) in [6.45, 7) is 7.96. The molecule has 0 spiro atoms. The van der Waals surface area contributed by atoms with Crippen LogP contribution in [0.4, 0.5) is 10.5 Å². The lowest BCUT2D eigenvalue weighted by atomic mass is 10.1. The van der Waals surface area contributed by atoms with Gasteiger partial charge < -0.3 is 15.8 Å². The molecule has 0 unspecified atom stereocenters. The van der Waals surface area contributed by atoms with Crippen molar-refractivity contribution >= 4 is 17.9 Å². The van der Waals surface area contributed by atoms with Gasteiger partial charge in [0.1, 0.15) is 5.60 Å². The Kier molecular flexibility index (Phi) is 5.55. The third-order valence-corrected chi connectivity index (χ3v) is 2.42. The van der Waals surface area contributed by atoms with Crippen molar-refractivity contribution < 1.29 is 9.53 Å². The number of amides is 1. The van der Waals surface area contributed by atoms with Gasteiger partial charge in [-0.1, -0.05) is 12.2 Å². The van der Waals surface area contributed by atoms with E-state index in [0.717, 1.165) is 11.3 Å². The molecule has 3 N–H and O–H groups in total. The fraction of sp³-hybridized carbons (Fsp3) is 0.467. The molecule has 1 aromatic rings. The molecule has 5 heteroatoms. The molecule has 0 aliphatic heterocycles. The highest BCUT2D eigenvalue weighted by molar-refractivity contribution is 5.67. The quantitative estimate of drug-likeness (QED) is 0.830. The van der Waals surface area contributed by atoms with Crippen LogP contribution in [0.3, 0.4) is 0 Å². The standard InChI is InChI=1S/C15H23N3O2/c1-11-12(9-13(16)10-18-11)7-5-6-8-17-14(19)20-15(2,3)4/h5,7,9-10H,6,8,16H2,1-4H3,(H,17,19). The van der Waals surface area contributed by atoms with Gasteiger partial charge in [-0.05, 0) is 45.7 Å². The van der Waals surface area contributed by atoms with Gasteiger partial charge >= 0.3 is 6.09 Å². The monoisotopic (exact) mass is 277 g/mol. The number of carbonyl (C=O) groups excluding carboxylic acids is 1. The number of anilines is 1. The highest BCUT2D eigenvalue weighted by Gasteiger charge is 2.15. The first-order chi connectivity index (χ1) is 9.28. The van der Waals surface area contributed by atoms with Crippen LogP contribution in [0.15, 0.2) is 18.3 Å². The van der Waals surface area contributed by atoms with Gasteiger partial charge in [0.25, 0.3) is 0 Å². The van der Waals surface area contributed by atoms with Crippen molar-refractivity contribution in [3.63, 3.8) is 0 Å². The average molecular weight is 277 g/mol. The van der Waals surface area contributed by atoms with Gasteiger partial charge in [-0.3, -0.25) is 4.98 Å². The van der Waals surface area contributed by atoms with Crippen LogP contribution in [0.25, 0.3) is 6.08 Å². The van der Waals surface area contributed by atoms with E-state index in [1.807, 2.05) is 45.9 Å². The Labute approximate surface area is 120 Å². The Hall–Kier alpha value is -2.04. The maximum Gasteiger partial charge on any atom is 0.407 e. The average Bonchev–Trinajstić information content (AvgIpc) is 2.30. The highest BCUT2D eigenvalue weighted by atomic mass is 16.6. The van der Waals surface area contributed by atoms with E-state index in [9.17, 15) is 4.79 Å². The summed E-state index contributed by atoms with van der Waals surface area (Å²) in [6, 6.07) is 1.88. The third kappa shape index (κ3) is 6.22. The van der Waals surface area contributed by atoms with Crippen LogP contribution in [0.2, 0.25) is 0 Å². The Balaban J connectivity index is 2.36. The largest absolute Gasteiger partial charge is 0.444 e. The number of nitrogen functional groups attached to an aromatic ring is 1. The first kappa shape index (κ1) is 16.0. The number of pyridine rings is 1. The molecule has 0 fully saturated rings. The van der Waals surface area contributed by atoms with Crippen molar-refractivity contribution in [1.82, 2.24) is 10.3 Å². The van der Waals surface area contributed by atoms with Crippen LogP contribution in [0, 0.1) is 6.92 Å². The minimum absolute atomic E-state index is 0.396. The summed E-state index contributed by atoms with van der Waals surface area (Å²) in [6.07, 6.45) is 5.88. The minimum Gasteiger partial charge on any atom is -0.444 e. The lowest BCUT2D eigenvalue weighted by Gasteiger charge is -2.19. The summed E-state index contributed by atoms with van der Waals surface area (Å²) in [5.41, 5.74) is 7.77. The molecule has 0 radical (unpaired) electrons. The predicted molar refractivity (Wildman–Crippen MR) is 81.3 cm³/mol. The molecule has 0 bridgehead atoms. The minimum atomic E-state index is -0.468. The number of nitrogens with zero attached hydrogens (tertiary/aromatic N) is 1. The maximum atomic E-state index is 11.4. The zero-order chi connectivity index (χ0) is 15.2. The van der Waals surface area contributed by atoms with Gasteiger partial charge in [-0.15, -0.1) is 0 Å². The topological polar surface area (TPSA) is 77.2 Å². The van der Waals surface area contributed by atoms with Crippen molar-refractivity contribution in [2.24, 2.45) is 0 Å². The van der Waals surface area contributed by atoms with Gasteiger partial charge in [-0.25, -0.2) is 4.79 Å². The van der Waals surface area contributed by atoms with Crippen molar-refractivity contribution in [3.8, 4) is 0 Å². The molecular weight excluding hydrogens is 254 g/mol. The Morgan fingerprint density at radius 2 is 2.20 bits per heavy atom. The van der Waals surface area contributed by atoms with Crippen molar-refractivity contribution in [3.05, 3.63) is 29.6 Å². The van der Waals surface area contributed by atoms with Crippen LogP contribution in [-0.4, -0.2) is 23.2 Å². The summed E-state index contributed by atoms with van der Waals surface area (Å²) < 4.78 is 5.14. The zero-order valence-electron chi connectivity index (χ0n) is 12.6. The normalized spacial score (nSPS) is 11.6. The molecule has 1 heterocycles. The fourth-order valence-corrected chi connectivity index (χ4v) is 1.52. The highest BCUT2D eigenvalue weighted by Crippen LogP contribution is 2.11. The molecule has 0 aliphatic carbocycles. The lowest BCUT2D eigenvalue weighted by Crippen LogP contribution is -2.32. The molecule has 0 aromatic carbocycles. The van der Waals surface area contributed by atoms with Gasteiger partial charge in [0.2, 0.25) is 0 Å². The van der Waals surface area contributed by atoms with E-state index in [-0.39, 0.29) is 0 Å². The van der Waals surface area contributed by atoms with Gasteiger partial charge in [0.05, 0.1) is 11.9 Å². The molecule has 0 aliphatic rings. The number of alkyl carbamates (subject to hydrolysis) is 1. The van der Waals surface area contributed by atoms with Crippen molar-refractivity contribution in [1.29, 1.82) is 0 Å². The van der Waals surface area contributed by atoms with Crippen LogP contribution in [0.5, 0.6) is 0 Å². The first-order valence-electron chi connectivity index (χ1n) is 6.63. The lowest BCUT2D eigenvalue weighted by molar-refractivity contribution is 0.0529. The maximum absolute atomic E-state index is 11.4. The third-order valence-electron chi connectivity index (χ3n) is 2.42. The molecule has 0 saturated heterocycles. The molecule has 110 valence electrons. The van der Waals surface area contributed by atoms with Crippen molar-refractivity contribution in [2.75, 3.05) is 12.3 Å². The Morgan fingerprint density at radius 1 is 1.50 bits per heavy atom. The van der Waals surface area contributed by atoms with E-state index < -0.39 is 11.7 Å². The molecule has 1 rings (SSSR count). The van der Waals surface area contributed by atoms with Gasteiger partial charge in [-0.2, -0.15) is 0 Å². The van der Waals surface area contributed by atoms with Gasteiger partial charge in [0, 0.05) is 12.2 Å². The number of aromatic nitrogens is 1. The summed E-state index contributed by atoms with van der Waals surface area (Å²) in [5, 5.41) is 2.70.